The van der Waals surface area contributed by atoms with Crippen LogP contribution in [0.1, 0.15) is 45.6 Å². The molecule has 5 heterocycles. The standard InChI is InChI=1S/C36H37F4N11O5S/c1-48(57(2,55)56)32-27(41-9-10-42-32)18-43-31-25(36(38,39)40)17-44-35(47-31)45-23-3-5-24(6-4-23)50-13-11-49(12-14-50)19-21-15-22-20-51(34(54)30(22)26(37)16-21)28-7-8-29(52)46-33(28)53/h3-6,9-10,15-17,28H,7-8,11-14,18-20H2,1-2H3,(H,46,52,53)(H2,43,44,45,47). The Balaban J connectivity index is 0.958. The fourth-order valence-corrected chi connectivity index (χ4v) is 7.44. The van der Waals surface area contributed by atoms with Gasteiger partial charge in [-0.15, -0.1) is 0 Å². The van der Waals surface area contributed by atoms with Gasteiger partial charge in [-0.2, -0.15) is 18.2 Å². The molecule has 0 radical (unpaired) electrons. The molecule has 2 aromatic carbocycles. The SMILES string of the molecule is CN(c1nccnc1CNc1nc(Nc2ccc(N3CCN(Cc4cc(F)c5c(c4)CN(C4CCC(=O)NC4=O)C5=O)CC3)cc2)ncc1C(F)(F)F)S(C)(=O)=O. The molecular formula is C36H37F4N11O5S. The van der Waals surface area contributed by atoms with Crippen LogP contribution in [-0.2, 0) is 45.4 Å². The average molecular weight is 812 g/mol. The lowest BCUT2D eigenvalue weighted by atomic mass is 10.0. The summed E-state index contributed by atoms with van der Waals surface area (Å²) in [6.45, 7) is 2.87. The molecule has 4 aromatic rings. The number of nitrogens with zero attached hydrogens (tertiary/aromatic N) is 8. The van der Waals surface area contributed by atoms with Crippen molar-refractivity contribution in [1.82, 2.24) is 35.1 Å². The molecule has 0 bridgehead atoms. The highest BCUT2D eigenvalue weighted by atomic mass is 32.2. The summed E-state index contributed by atoms with van der Waals surface area (Å²) in [4.78, 5) is 58.7. The number of benzene rings is 2. The molecule has 3 aliphatic heterocycles. The maximum absolute atomic E-state index is 15.2. The van der Waals surface area contributed by atoms with E-state index < -0.39 is 57.2 Å². The highest BCUT2D eigenvalue weighted by Gasteiger charge is 2.41. The number of fused-ring (bicyclic) bond motifs is 1. The molecule has 2 saturated heterocycles. The molecule has 3 aliphatic rings. The Morgan fingerprint density at radius 2 is 1.72 bits per heavy atom. The smallest absolute Gasteiger partial charge is 0.369 e. The number of imide groups is 1. The molecule has 0 saturated carbocycles. The molecule has 1 unspecified atom stereocenters. The number of carbonyl (C=O) groups excluding carboxylic acids is 3. The van der Waals surface area contributed by atoms with E-state index in [9.17, 15) is 36.0 Å². The van der Waals surface area contributed by atoms with E-state index >= 15 is 4.39 Å². The zero-order chi connectivity index (χ0) is 40.6. The van der Waals surface area contributed by atoms with E-state index in [2.05, 4.69) is 45.7 Å². The third-order valence-corrected chi connectivity index (χ3v) is 11.1. The molecule has 0 aliphatic carbocycles. The van der Waals surface area contributed by atoms with E-state index in [4.69, 9.17) is 0 Å². The van der Waals surface area contributed by atoms with E-state index in [1.165, 1.54) is 30.4 Å². The molecule has 2 aromatic heterocycles. The van der Waals surface area contributed by atoms with Crippen LogP contribution in [0.5, 0.6) is 0 Å². The van der Waals surface area contributed by atoms with Crippen molar-refractivity contribution in [1.29, 1.82) is 0 Å². The number of halogens is 4. The first-order valence-corrected chi connectivity index (χ1v) is 19.6. The van der Waals surface area contributed by atoms with Gasteiger partial charge >= 0.3 is 6.18 Å². The molecule has 16 nitrogen and oxygen atoms in total. The highest BCUT2D eigenvalue weighted by Crippen LogP contribution is 2.35. The second kappa shape index (κ2) is 15.5. The van der Waals surface area contributed by atoms with Crippen molar-refractivity contribution in [2.45, 2.75) is 44.7 Å². The van der Waals surface area contributed by atoms with E-state index in [1.807, 2.05) is 12.1 Å². The van der Waals surface area contributed by atoms with E-state index in [1.54, 1.807) is 18.2 Å². The zero-order valence-corrected chi connectivity index (χ0v) is 31.5. The van der Waals surface area contributed by atoms with Crippen molar-refractivity contribution in [2.24, 2.45) is 0 Å². The number of sulfonamides is 1. The third-order valence-electron chi connectivity index (χ3n) is 9.97. The predicted molar refractivity (Wildman–Crippen MR) is 199 cm³/mol. The molecule has 0 spiro atoms. The van der Waals surface area contributed by atoms with Gasteiger partial charge < -0.3 is 20.4 Å². The van der Waals surface area contributed by atoms with Gasteiger partial charge in [-0.05, 0) is 47.9 Å². The number of amides is 3. The lowest BCUT2D eigenvalue weighted by Gasteiger charge is -2.36. The Kier molecular flexibility index (Phi) is 10.7. The van der Waals surface area contributed by atoms with Gasteiger partial charge in [0.2, 0.25) is 27.8 Å². The molecule has 3 amide bonds. The molecular weight excluding hydrogens is 775 g/mol. The predicted octanol–water partition coefficient (Wildman–Crippen LogP) is 3.26. The van der Waals surface area contributed by atoms with Crippen molar-refractivity contribution >= 4 is 56.7 Å². The van der Waals surface area contributed by atoms with Crippen molar-refractivity contribution in [3.05, 3.63) is 88.8 Å². The number of piperazine rings is 1. The van der Waals surface area contributed by atoms with Crippen LogP contribution < -0.4 is 25.2 Å². The number of hydrogen-bond acceptors (Lipinski definition) is 13. The first kappa shape index (κ1) is 39.3. The van der Waals surface area contributed by atoms with E-state index in [-0.39, 0.29) is 49.0 Å². The van der Waals surface area contributed by atoms with Gasteiger partial charge in [0.15, 0.2) is 5.82 Å². The summed E-state index contributed by atoms with van der Waals surface area (Å²) in [5.41, 5.74) is 1.55. The average Bonchev–Trinajstić information content (AvgIpc) is 3.49. The van der Waals surface area contributed by atoms with Crippen molar-refractivity contribution in [3.63, 3.8) is 0 Å². The molecule has 7 rings (SSSR count). The van der Waals surface area contributed by atoms with Gasteiger partial charge in [0, 0.05) is 82.7 Å². The van der Waals surface area contributed by atoms with Gasteiger partial charge in [0.1, 0.15) is 28.9 Å². The Labute approximate surface area is 324 Å². The lowest BCUT2D eigenvalue weighted by molar-refractivity contribution is -0.138. The minimum atomic E-state index is -4.79. The number of piperidine rings is 1. The maximum atomic E-state index is 15.2. The zero-order valence-electron chi connectivity index (χ0n) is 30.7. The molecule has 300 valence electrons. The Morgan fingerprint density at radius 1 is 1.00 bits per heavy atom. The van der Waals surface area contributed by atoms with E-state index in [0.717, 1.165) is 16.2 Å². The Hall–Kier alpha value is -5.96. The van der Waals surface area contributed by atoms with Crippen molar-refractivity contribution in [3.8, 4) is 0 Å². The van der Waals surface area contributed by atoms with E-state index in [0.29, 0.717) is 55.7 Å². The second-order valence-electron chi connectivity index (χ2n) is 13.8. The van der Waals surface area contributed by atoms with Gasteiger partial charge in [-0.3, -0.25) is 33.9 Å². The number of aromatic nitrogens is 4. The quantitative estimate of drug-likeness (QED) is 0.148. The monoisotopic (exact) mass is 811 g/mol. The topological polar surface area (TPSA) is 186 Å². The van der Waals surface area contributed by atoms with Crippen LogP contribution in [0.15, 0.2) is 55.0 Å². The summed E-state index contributed by atoms with van der Waals surface area (Å²) in [5, 5.41) is 7.78. The number of carbonyl (C=O) groups is 3. The number of hydrogen-bond donors (Lipinski definition) is 3. The van der Waals surface area contributed by atoms with Crippen molar-refractivity contribution < 1.29 is 40.4 Å². The fourth-order valence-electron chi connectivity index (χ4n) is 6.97. The first-order valence-electron chi connectivity index (χ1n) is 17.8. The van der Waals surface area contributed by atoms with Crippen LogP contribution >= 0.6 is 0 Å². The largest absolute Gasteiger partial charge is 0.421 e. The summed E-state index contributed by atoms with van der Waals surface area (Å²) in [6, 6.07) is 9.54. The molecule has 2 fully saturated rings. The summed E-state index contributed by atoms with van der Waals surface area (Å²) < 4.78 is 82.0. The van der Waals surface area contributed by atoms with Gasteiger partial charge in [0.05, 0.1) is 18.4 Å². The minimum Gasteiger partial charge on any atom is -0.369 e. The molecule has 1 atom stereocenters. The Morgan fingerprint density at radius 3 is 2.40 bits per heavy atom. The highest BCUT2D eigenvalue weighted by molar-refractivity contribution is 7.92. The number of rotatable bonds is 11. The van der Waals surface area contributed by atoms with Crippen LogP contribution in [0, 0.1) is 5.82 Å². The second-order valence-corrected chi connectivity index (χ2v) is 15.8. The van der Waals surface area contributed by atoms with Gasteiger partial charge in [0.25, 0.3) is 5.91 Å². The number of alkyl halides is 3. The van der Waals surface area contributed by atoms with Gasteiger partial charge in [-0.1, -0.05) is 6.07 Å². The fraction of sp³-hybridized carbons (Fsp3) is 0.361. The van der Waals surface area contributed by atoms with Crippen LogP contribution in [0.2, 0.25) is 0 Å². The van der Waals surface area contributed by atoms with Gasteiger partial charge in [-0.25, -0.2) is 22.8 Å². The minimum absolute atomic E-state index is 0.0399. The van der Waals surface area contributed by atoms with Crippen LogP contribution in [-0.4, -0.2) is 101 Å². The lowest BCUT2D eigenvalue weighted by Crippen LogP contribution is -2.52. The normalized spacial score (nSPS) is 17.7. The summed E-state index contributed by atoms with van der Waals surface area (Å²) in [7, 11) is -2.46. The maximum Gasteiger partial charge on any atom is 0.421 e. The third kappa shape index (κ3) is 8.58. The summed E-state index contributed by atoms with van der Waals surface area (Å²) >= 11 is 0. The van der Waals surface area contributed by atoms with Crippen LogP contribution in [0.4, 0.5) is 46.5 Å². The molecule has 21 heteroatoms. The molecule has 57 heavy (non-hydrogen) atoms. The van der Waals surface area contributed by atoms with Crippen LogP contribution in [0.25, 0.3) is 0 Å². The number of anilines is 5. The number of nitrogens with one attached hydrogen (secondary N) is 3. The van der Waals surface area contributed by atoms with Crippen LogP contribution in [0.3, 0.4) is 0 Å². The van der Waals surface area contributed by atoms with Crippen molar-refractivity contribution in [2.75, 3.05) is 59.3 Å². The Bertz CT molecular complexity index is 2320. The summed E-state index contributed by atoms with van der Waals surface area (Å²) in [5.74, 6) is -2.85. The summed E-state index contributed by atoms with van der Waals surface area (Å²) in [6.07, 6.45) is -0.306. The first-order chi connectivity index (χ1) is 27.0. The molecule has 3 N–H and O–H groups in total.